The van der Waals surface area contributed by atoms with Gasteiger partial charge in [0.15, 0.2) is 9.84 Å². The van der Waals surface area contributed by atoms with E-state index in [0.717, 1.165) is 25.5 Å². The molecule has 3 N–H and O–H groups in total. The van der Waals surface area contributed by atoms with Gasteiger partial charge in [-0.1, -0.05) is 0 Å². The van der Waals surface area contributed by atoms with E-state index in [-0.39, 0.29) is 47.6 Å². The largest absolute Gasteiger partial charge is 0.461 e. The number of rotatable bonds is 5. The number of hydrogen-bond donors (Lipinski definition) is 2. The molecule has 2 aromatic rings. The van der Waals surface area contributed by atoms with Crippen LogP contribution >= 0.6 is 0 Å². The van der Waals surface area contributed by atoms with Crippen LogP contribution in [0.2, 0.25) is 0 Å². The molecular weight excluding hydrogens is 592 g/mol. The Labute approximate surface area is 247 Å². The quantitative estimate of drug-likeness (QED) is 0.475. The van der Waals surface area contributed by atoms with E-state index < -0.39 is 62.0 Å². The number of piperidine rings is 1. The maximum atomic E-state index is 14.4. The topological polar surface area (TPSA) is 135 Å². The van der Waals surface area contributed by atoms with Crippen LogP contribution in [0.5, 0.6) is 6.01 Å². The molecule has 0 bridgehead atoms. The number of nitrogen functional groups attached to an aromatic ring is 1. The molecule has 236 valence electrons. The number of anilines is 2. The summed E-state index contributed by atoms with van der Waals surface area (Å²) in [7, 11) is -4.23. The van der Waals surface area contributed by atoms with Crippen LogP contribution in [0.15, 0.2) is 6.07 Å². The van der Waals surface area contributed by atoms with E-state index in [1.807, 2.05) is 0 Å². The molecule has 2 aromatic heterocycles. The fraction of sp³-hybridized carbons (Fsp3) is 0.679. The van der Waals surface area contributed by atoms with Crippen molar-refractivity contribution >= 4 is 21.5 Å². The monoisotopic (exact) mass is 628 g/mol. The smallest absolute Gasteiger partial charge is 0.418 e. The van der Waals surface area contributed by atoms with E-state index in [4.69, 9.17) is 10.5 Å². The normalized spacial score (nSPS) is 30.7. The lowest BCUT2D eigenvalue weighted by molar-refractivity contribution is -0.139. The van der Waals surface area contributed by atoms with Crippen molar-refractivity contribution in [1.82, 2.24) is 19.9 Å². The second-order valence-corrected chi connectivity index (χ2v) is 14.9. The van der Waals surface area contributed by atoms with Gasteiger partial charge in [0.25, 0.3) is 0 Å². The Bertz CT molecular complexity index is 1540. The number of nitrogens with two attached hydrogens (primary N) is 1. The average Bonchev–Trinajstić information content (AvgIpc) is 3.40. The number of pyridine rings is 1. The summed E-state index contributed by atoms with van der Waals surface area (Å²) in [5, 5.41) is 9.15. The lowest BCUT2D eigenvalue weighted by Crippen LogP contribution is -2.47. The van der Waals surface area contributed by atoms with Gasteiger partial charge in [-0.2, -0.15) is 23.1 Å². The number of nitrogens with zero attached hydrogens (tertiary/aromatic N) is 5. The lowest BCUT2D eigenvalue weighted by Gasteiger charge is -2.39. The first-order chi connectivity index (χ1) is 20.1. The molecule has 0 aromatic carbocycles. The third-order valence-corrected chi connectivity index (χ3v) is 11.2. The summed E-state index contributed by atoms with van der Waals surface area (Å²) in [4.78, 5) is 16.9. The molecule has 0 aliphatic carbocycles. The molecule has 3 fully saturated rings. The Kier molecular flexibility index (Phi) is 7.32. The van der Waals surface area contributed by atoms with Gasteiger partial charge in [-0.25, -0.2) is 17.8 Å². The van der Waals surface area contributed by atoms with E-state index in [9.17, 15) is 31.1 Å². The van der Waals surface area contributed by atoms with E-state index >= 15 is 0 Å². The van der Waals surface area contributed by atoms with Gasteiger partial charge >= 0.3 is 12.2 Å². The molecule has 0 radical (unpaired) electrons. The highest BCUT2D eigenvalue weighted by atomic mass is 32.2. The molecule has 4 aliphatic heterocycles. The Morgan fingerprint density at radius 1 is 1.19 bits per heavy atom. The highest BCUT2D eigenvalue weighted by Crippen LogP contribution is 2.45. The predicted octanol–water partition coefficient (Wildman–Crippen LogP) is 3.30. The first kappa shape index (κ1) is 30.3. The first-order valence-electron chi connectivity index (χ1n) is 14.5. The molecule has 15 heteroatoms. The second kappa shape index (κ2) is 10.4. The van der Waals surface area contributed by atoms with Crippen molar-refractivity contribution in [3.63, 3.8) is 0 Å². The molecular formula is C28H36F4N6O4S. The van der Waals surface area contributed by atoms with Crippen LogP contribution < -0.4 is 15.4 Å². The number of aliphatic hydroxyl groups is 1. The Morgan fingerprint density at radius 3 is 2.65 bits per heavy atom. The van der Waals surface area contributed by atoms with Gasteiger partial charge in [0.1, 0.15) is 29.7 Å². The fourth-order valence-electron chi connectivity index (χ4n) is 7.38. The van der Waals surface area contributed by atoms with E-state index in [1.54, 1.807) is 11.8 Å². The molecule has 0 spiro atoms. The van der Waals surface area contributed by atoms with E-state index in [2.05, 4.69) is 19.9 Å². The first-order valence-corrected chi connectivity index (χ1v) is 16.2. The van der Waals surface area contributed by atoms with Crippen molar-refractivity contribution in [2.45, 2.75) is 86.9 Å². The summed E-state index contributed by atoms with van der Waals surface area (Å²) in [5.41, 5.74) is 2.75. The van der Waals surface area contributed by atoms with Crippen molar-refractivity contribution in [1.29, 1.82) is 0 Å². The molecule has 43 heavy (non-hydrogen) atoms. The molecule has 0 amide bonds. The second-order valence-electron chi connectivity index (χ2n) is 12.8. The van der Waals surface area contributed by atoms with Crippen molar-refractivity contribution in [2.75, 3.05) is 43.4 Å². The van der Waals surface area contributed by atoms with Gasteiger partial charge in [0.2, 0.25) is 0 Å². The van der Waals surface area contributed by atoms with Gasteiger partial charge in [-0.3, -0.25) is 4.90 Å². The summed E-state index contributed by atoms with van der Waals surface area (Å²) >= 11 is 0. The maximum absolute atomic E-state index is 14.4. The standard InChI is InChI=1S/C28H36F4N6O4S/c1-16-9-21(33)35-23(22(16)28(30,31)32)20-10-19-18(13-43(20,40)41)24(37-7-3-5-26(2,39)14-37)36-25(34-19)42-15-27-6-4-8-38(27)12-17(29)11-27/h9,17,20,39H,3-8,10-15H2,1-2H3,(H2,33,35)/t17-,20+,26-,27+/m1/s1. The minimum atomic E-state index is -4.86. The third-order valence-electron chi connectivity index (χ3n) is 9.27. The van der Waals surface area contributed by atoms with Crippen LogP contribution in [0.25, 0.3) is 0 Å². The van der Waals surface area contributed by atoms with Crippen LogP contribution in [0.3, 0.4) is 0 Å². The summed E-state index contributed by atoms with van der Waals surface area (Å²) in [6, 6.07) is 1.01. The lowest BCUT2D eigenvalue weighted by atomic mass is 9.94. The summed E-state index contributed by atoms with van der Waals surface area (Å²) in [6.07, 6.45) is -3.08. The number of ether oxygens (including phenoxy) is 1. The minimum Gasteiger partial charge on any atom is -0.461 e. The number of sulfone groups is 1. The van der Waals surface area contributed by atoms with Gasteiger partial charge in [-0.05, 0) is 57.7 Å². The number of fused-ring (bicyclic) bond motifs is 2. The SMILES string of the molecule is Cc1cc(N)nc([C@@H]2Cc3nc(OC[C@@]45CCCN4C[C@H](F)C5)nc(N4CCC[C@@](C)(O)C4)c3CS2(=O)=O)c1C(F)(F)F. The Morgan fingerprint density at radius 2 is 1.93 bits per heavy atom. The zero-order valence-corrected chi connectivity index (χ0v) is 24.9. The number of alkyl halides is 4. The molecule has 0 unspecified atom stereocenters. The van der Waals surface area contributed by atoms with Crippen LogP contribution in [-0.2, 0) is 28.2 Å². The number of aromatic nitrogens is 3. The zero-order valence-electron chi connectivity index (χ0n) is 24.1. The van der Waals surface area contributed by atoms with Crippen molar-refractivity contribution in [3.8, 4) is 6.01 Å². The molecule has 6 heterocycles. The van der Waals surface area contributed by atoms with Gasteiger partial charge in [0.05, 0.1) is 33.8 Å². The number of β-amino-alcohol motifs (C(OH)–C–C–N with tert-alkyl or cyclic N) is 1. The molecule has 10 nitrogen and oxygen atoms in total. The number of hydrogen-bond acceptors (Lipinski definition) is 10. The van der Waals surface area contributed by atoms with Gasteiger partial charge in [-0.15, -0.1) is 0 Å². The minimum absolute atomic E-state index is 0.0618. The molecule has 0 saturated carbocycles. The predicted molar refractivity (Wildman–Crippen MR) is 150 cm³/mol. The number of aryl methyl sites for hydroxylation is 1. The maximum Gasteiger partial charge on any atom is 0.418 e. The number of halogens is 4. The van der Waals surface area contributed by atoms with E-state index in [0.29, 0.717) is 32.4 Å². The van der Waals surface area contributed by atoms with Crippen LogP contribution in [-0.4, -0.2) is 83.5 Å². The Balaban J connectivity index is 1.42. The third kappa shape index (κ3) is 5.63. The highest BCUT2D eigenvalue weighted by molar-refractivity contribution is 7.91. The molecule has 4 aliphatic rings. The van der Waals surface area contributed by atoms with Crippen LogP contribution in [0.1, 0.15) is 72.4 Å². The van der Waals surface area contributed by atoms with Crippen molar-refractivity contribution < 1.29 is 35.8 Å². The average molecular weight is 629 g/mol. The summed E-state index contributed by atoms with van der Waals surface area (Å²) in [5.74, 6) is -0.562. The fourth-order valence-corrected chi connectivity index (χ4v) is 9.20. The zero-order chi connectivity index (χ0) is 30.9. The molecule has 3 saturated heterocycles. The molecule has 6 rings (SSSR count). The van der Waals surface area contributed by atoms with Crippen molar-refractivity contribution in [3.05, 3.63) is 34.1 Å². The Hall–Kier alpha value is -2.78. The summed E-state index contributed by atoms with van der Waals surface area (Å²) < 4.78 is 90.4. The van der Waals surface area contributed by atoms with Crippen molar-refractivity contribution in [2.24, 2.45) is 0 Å². The van der Waals surface area contributed by atoms with Gasteiger partial charge < -0.3 is 20.5 Å². The summed E-state index contributed by atoms with van der Waals surface area (Å²) in [6.45, 7) is 4.78. The van der Waals surface area contributed by atoms with Crippen LogP contribution in [0.4, 0.5) is 29.2 Å². The highest BCUT2D eigenvalue weighted by Gasteiger charge is 2.50. The molecule has 4 atom stereocenters. The van der Waals surface area contributed by atoms with Gasteiger partial charge in [0, 0.05) is 38.0 Å². The van der Waals surface area contributed by atoms with Crippen LogP contribution in [0, 0.1) is 6.92 Å². The van der Waals surface area contributed by atoms with E-state index in [1.165, 1.54) is 6.92 Å².